The van der Waals surface area contributed by atoms with Gasteiger partial charge in [0, 0.05) is 19.0 Å². The third kappa shape index (κ3) is 4.68. The van der Waals surface area contributed by atoms with E-state index in [0.29, 0.717) is 6.42 Å². The van der Waals surface area contributed by atoms with Crippen molar-refractivity contribution in [3.8, 4) is 0 Å². The number of ether oxygens (including phenoxy) is 1. The zero-order chi connectivity index (χ0) is 17.3. The van der Waals surface area contributed by atoms with Gasteiger partial charge in [-0.2, -0.15) is 0 Å². The van der Waals surface area contributed by atoms with Crippen molar-refractivity contribution >= 4 is 21.7 Å². The van der Waals surface area contributed by atoms with Crippen molar-refractivity contribution < 1.29 is 22.7 Å². The van der Waals surface area contributed by atoms with Crippen molar-refractivity contribution in [3.05, 3.63) is 0 Å². The quantitative estimate of drug-likeness (QED) is 0.727. The maximum atomic E-state index is 12.5. The van der Waals surface area contributed by atoms with E-state index in [1.807, 2.05) is 0 Å². The van der Waals surface area contributed by atoms with Crippen molar-refractivity contribution in [1.29, 1.82) is 0 Å². The lowest BCUT2D eigenvalue weighted by Crippen LogP contribution is -2.57. The van der Waals surface area contributed by atoms with Gasteiger partial charge in [0.2, 0.25) is 5.91 Å². The summed E-state index contributed by atoms with van der Waals surface area (Å²) in [5.74, 6) is -0.495. The fraction of sp³-hybridized carbons (Fsp3) is 0.875. The third-order valence-corrected chi connectivity index (χ3v) is 6.65. The second kappa shape index (κ2) is 6.79. The van der Waals surface area contributed by atoms with E-state index in [1.54, 1.807) is 25.7 Å². The molecule has 0 aromatic carbocycles. The molecule has 0 aromatic rings. The van der Waals surface area contributed by atoms with Gasteiger partial charge in [0.1, 0.15) is 5.60 Å². The van der Waals surface area contributed by atoms with Crippen molar-refractivity contribution in [2.24, 2.45) is 0 Å². The summed E-state index contributed by atoms with van der Waals surface area (Å²) in [5, 5.41) is -0.421. The summed E-state index contributed by atoms with van der Waals surface area (Å²) < 4.78 is 29.6. The highest BCUT2D eigenvalue weighted by Crippen LogP contribution is 2.32. The van der Waals surface area contributed by atoms with Crippen LogP contribution in [0.25, 0.3) is 0 Å². The van der Waals surface area contributed by atoms with Crippen LogP contribution in [0.15, 0.2) is 0 Å². The highest BCUT2D eigenvalue weighted by atomic mass is 32.2. The largest absolute Gasteiger partial charge is 0.460 e. The molecule has 0 aromatic heterocycles. The number of sulfone groups is 1. The molecule has 2 fully saturated rings. The van der Waals surface area contributed by atoms with Crippen LogP contribution < -0.4 is 0 Å². The van der Waals surface area contributed by atoms with E-state index in [9.17, 15) is 18.0 Å². The number of hydrogen-bond acceptors (Lipinski definition) is 5. The summed E-state index contributed by atoms with van der Waals surface area (Å²) in [4.78, 5) is 25.9. The van der Waals surface area contributed by atoms with Crippen LogP contribution in [-0.2, 0) is 24.2 Å². The molecule has 0 radical (unpaired) electrons. The molecule has 2 aliphatic rings. The molecule has 0 bridgehead atoms. The normalized spacial score (nSPS) is 27.2. The molecule has 0 N–H and O–H groups in total. The predicted molar refractivity (Wildman–Crippen MR) is 86.6 cm³/mol. The predicted octanol–water partition coefficient (Wildman–Crippen LogP) is 1.68. The molecular formula is C16H27NO5S. The van der Waals surface area contributed by atoms with Gasteiger partial charge in [-0.1, -0.05) is 12.8 Å². The number of rotatable bonds is 3. The first-order chi connectivity index (χ1) is 10.6. The highest BCUT2D eigenvalue weighted by Gasteiger charge is 2.44. The minimum atomic E-state index is -3.09. The van der Waals surface area contributed by atoms with E-state index >= 15 is 0 Å². The van der Waals surface area contributed by atoms with Crippen LogP contribution in [0.2, 0.25) is 0 Å². The Kier molecular flexibility index (Phi) is 5.38. The Labute approximate surface area is 138 Å². The molecule has 6 nitrogen and oxygen atoms in total. The molecule has 2 atom stereocenters. The number of fused-ring (bicyclic) bond motifs is 1. The van der Waals surface area contributed by atoms with E-state index in [4.69, 9.17) is 4.74 Å². The number of carbonyl (C=O) groups is 2. The molecule has 1 heterocycles. The van der Waals surface area contributed by atoms with Crippen LogP contribution in [0, 0.1) is 0 Å². The zero-order valence-corrected chi connectivity index (χ0v) is 15.0. The number of nitrogens with zero attached hydrogens (tertiary/aromatic N) is 1. The van der Waals surface area contributed by atoms with Crippen LogP contribution in [0.1, 0.15) is 59.3 Å². The van der Waals surface area contributed by atoms with E-state index in [1.165, 1.54) is 0 Å². The van der Waals surface area contributed by atoms with E-state index in [-0.39, 0.29) is 37.1 Å². The maximum absolute atomic E-state index is 12.5. The lowest BCUT2D eigenvalue weighted by molar-refractivity contribution is -0.156. The molecule has 23 heavy (non-hydrogen) atoms. The Balaban J connectivity index is 1.95. The second-order valence-corrected chi connectivity index (χ2v) is 9.77. The minimum Gasteiger partial charge on any atom is -0.460 e. The molecule has 1 saturated heterocycles. The standard InChI is InChI=1S/C16H27NO5S/c1-16(2,3)22-15(19)9-8-14(18)17-10-11-23(20,21)13-7-5-4-6-12(13)17/h12-13H,4-11H2,1-3H3/t12-,13-/m0/s1. The lowest BCUT2D eigenvalue weighted by atomic mass is 9.93. The fourth-order valence-electron chi connectivity index (χ4n) is 3.45. The number of amides is 1. The van der Waals surface area contributed by atoms with Crippen molar-refractivity contribution in [2.75, 3.05) is 12.3 Å². The Morgan fingerprint density at radius 2 is 1.78 bits per heavy atom. The molecule has 0 unspecified atom stereocenters. The van der Waals surface area contributed by atoms with Crippen LogP contribution in [0.4, 0.5) is 0 Å². The molecular weight excluding hydrogens is 318 g/mol. The SMILES string of the molecule is CC(C)(C)OC(=O)CCC(=O)N1CCS(=O)(=O)[C@H]2CCCC[C@@H]21. The second-order valence-electron chi connectivity index (χ2n) is 7.43. The Bertz CT molecular complexity index is 564. The first-order valence-electron chi connectivity index (χ1n) is 8.33. The topological polar surface area (TPSA) is 80.8 Å². The van der Waals surface area contributed by atoms with Crippen molar-refractivity contribution in [1.82, 2.24) is 4.90 Å². The molecule has 132 valence electrons. The van der Waals surface area contributed by atoms with Gasteiger partial charge in [0.15, 0.2) is 9.84 Å². The van der Waals surface area contributed by atoms with Crippen molar-refractivity contribution in [3.63, 3.8) is 0 Å². The highest BCUT2D eigenvalue weighted by molar-refractivity contribution is 7.92. The molecule has 0 spiro atoms. The lowest BCUT2D eigenvalue weighted by Gasteiger charge is -2.43. The average molecular weight is 345 g/mol. The molecule has 1 amide bonds. The molecule has 2 rings (SSSR count). The van der Waals surface area contributed by atoms with Gasteiger partial charge in [-0.3, -0.25) is 9.59 Å². The first kappa shape index (κ1) is 18.2. The van der Waals surface area contributed by atoms with Crippen LogP contribution in [-0.4, -0.2) is 54.4 Å². The third-order valence-electron chi connectivity index (χ3n) is 4.43. The first-order valence-corrected chi connectivity index (χ1v) is 10.0. The maximum Gasteiger partial charge on any atom is 0.306 e. The average Bonchev–Trinajstić information content (AvgIpc) is 2.43. The Hall–Kier alpha value is -1.11. The van der Waals surface area contributed by atoms with Crippen LogP contribution >= 0.6 is 0 Å². The summed E-state index contributed by atoms with van der Waals surface area (Å²) in [6.45, 7) is 5.61. The summed E-state index contributed by atoms with van der Waals surface area (Å²) in [7, 11) is -3.09. The molecule has 1 aliphatic heterocycles. The van der Waals surface area contributed by atoms with Gasteiger partial charge in [-0.05, 0) is 33.6 Å². The Morgan fingerprint density at radius 1 is 1.13 bits per heavy atom. The number of carbonyl (C=O) groups excluding carboxylic acids is 2. The van der Waals surface area contributed by atoms with E-state index in [2.05, 4.69) is 0 Å². The summed E-state index contributed by atoms with van der Waals surface area (Å²) in [6, 6.07) is -0.214. The van der Waals surface area contributed by atoms with Crippen molar-refractivity contribution in [2.45, 2.75) is 76.2 Å². The number of esters is 1. The Morgan fingerprint density at radius 3 is 2.43 bits per heavy atom. The smallest absolute Gasteiger partial charge is 0.306 e. The van der Waals surface area contributed by atoms with Gasteiger partial charge >= 0.3 is 5.97 Å². The monoisotopic (exact) mass is 345 g/mol. The van der Waals surface area contributed by atoms with Gasteiger partial charge in [0.25, 0.3) is 0 Å². The van der Waals surface area contributed by atoms with Crippen LogP contribution in [0.5, 0.6) is 0 Å². The number of hydrogen-bond donors (Lipinski definition) is 0. The van der Waals surface area contributed by atoms with E-state index < -0.39 is 26.7 Å². The van der Waals surface area contributed by atoms with Gasteiger partial charge in [-0.25, -0.2) is 8.42 Å². The molecule has 7 heteroatoms. The van der Waals surface area contributed by atoms with Gasteiger partial charge in [-0.15, -0.1) is 0 Å². The van der Waals surface area contributed by atoms with Crippen LogP contribution in [0.3, 0.4) is 0 Å². The van der Waals surface area contributed by atoms with E-state index in [0.717, 1.165) is 19.3 Å². The summed E-state index contributed by atoms with van der Waals surface area (Å²) in [6.07, 6.45) is 3.35. The molecule has 1 aliphatic carbocycles. The zero-order valence-electron chi connectivity index (χ0n) is 14.2. The van der Waals surface area contributed by atoms with Gasteiger partial charge < -0.3 is 9.64 Å². The van der Waals surface area contributed by atoms with Gasteiger partial charge in [0.05, 0.1) is 17.4 Å². The minimum absolute atomic E-state index is 0.0341. The summed E-state index contributed by atoms with van der Waals surface area (Å²) >= 11 is 0. The summed E-state index contributed by atoms with van der Waals surface area (Å²) in [5.41, 5.74) is -0.562. The fourth-order valence-corrected chi connectivity index (χ4v) is 5.49. The molecule has 1 saturated carbocycles.